The van der Waals surface area contributed by atoms with Gasteiger partial charge in [-0.3, -0.25) is 9.59 Å². The van der Waals surface area contributed by atoms with Crippen LogP contribution in [0, 0.1) is 5.41 Å². The van der Waals surface area contributed by atoms with Crippen LogP contribution in [0.25, 0.3) is 0 Å². The number of amides is 1. The number of anilines is 1. The van der Waals surface area contributed by atoms with Crippen LogP contribution in [0.15, 0.2) is 18.2 Å². The number of hydrogen-bond acceptors (Lipinski definition) is 3. The van der Waals surface area contributed by atoms with Gasteiger partial charge in [0, 0.05) is 17.9 Å². The van der Waals surface area contributed by atoms with Crippen LogP contribution < -0.4 is 9.64 Å². The van der Waals surface area contributed by atoms with Crippen molar-refractivity contribution in [2.45, 2.75) is 13.8 Å². The molecule has 1 amide bonds. The van der Waals surface area contributed by atoms with Crippen LogP contribution in [0.3, 0.4) is 0 Å². The molecule has 5 heteroatoms. The first kappa shape index (κ1) is 14.1. The lowest BCUT2D eigenvalue weighted by Gasteiger charge is -2.28. The van der Waals surface area contributed by atoms with Crippen LogP contribution >= 0.6 is 15.9 Å². The van der Waals surface area contributed by atoms with Gasteiger partial charge in [0.2, 0.25) is 0 Å². The normalized spacial score (nSPS) is 14.8. The van der Waals surface area contributed by atoms with Gasteiger partial charge in [0.05, 0.1) is 18.4 Å². The molecule has 19 heavy (non-hydrogen) atoms. The number of Topliss-reactive ketones (excluding diaryl/α,β-unsaturated/α-hetero) is 1. The van der Waals surface area contributed by atoms with Gasteiger partial charge in [0.25, 0.3) is 11.7 Å². The van der Waals surface area contributed by atoms with E-state index in [1.54, 1.807) is 30.2 Å². The molecular formula is C14H16BrNO3. The first-order chi connectivity index (χ1) is 8.89. The fourth-order valence-corrected chi connectivity index (χ4v) is 2.21. The van der Waals surface area contributed by atoms with E-state index < -0.39 is 11.7 Å². The maximum Gasteiger partial charge on any atom is 0.299 e. The second-order valence-corrected chi connectivity index (χ2v) is 5.96. The SMILES string of the molecule is COc1ccc2c(c1)N(CC(C)(C)CBr)C(=O)C2=O. The molecule has 1 heterocycles. The summed E-state index contributed by atoms with van der Waals surface area (Å²) in [4.78, 5) is 25.6. The smallest absolute Gasteiger partial charge is 0.299 e. The highest BCUT2D eigenvalue weighted by molar-refractivity contribution is 9.09. The van der Waals surface area contributed by atoms with Gasteiger partial charge in [-0.2, -0.15) is 0 Å². The monoisotopic (exact) mass is 325 g/mol. The molecule has 0 unspecified atom stereocenters. The molecular weight excluding hydrogens is 310 g/mol. The fourth-order valence-electron chi connectivity index (χ4n) is 2.03. The number of nitrogens with zero attached hydrogens (tertiary/aromatic N) is 1. The van der Waals surface area contributed by atoms with E-state index in [1.165, 1.54) is 0 Å². The molecule has 0 N–H and O–H groups in total. The van der Waals surface area contributed by atoms with E-state index in [9.17, 15) is 9.59 Å². The Kier molecular flexibility index (Phi) is 3.67. The van der Waals surface area contributed by atoms with Crippen LogP contribution in [-0.2, 0) is 4.79 Å². The Morgan fingerprint density at radius 1 is 1.32 bits per heavy atom. The molecule has 4 nitrogen and oxygen atoms in total. The van der Waals surface area contributed by atoms with Crippen molar-refractivity contribution in [3.63, 3.8) is 0 Å². The van der Waals surface area contributed by atoms with E-state index in [2.05, 4.69) is 15.9 Å². The zero-order chi connectivity index (χ0) is 14.2. The Balaban J connectivity index is 2.42. The molecule has 0 saturated carbocycles. The van der Waals surface area contributed by atoms with Gasteiger partial charge in [-0.1, -0.05) is 29.8 Å². The Morgan fingerprint density at radius 3 is 2.58 bits per heavy atom. The van der Waals surface area contributed by atoms with E-state index in [0.29, 0.717) is 23.5 Å². The summed E-state index contributed by atoms with van der Waals surface area (Å²) in [7, 11) is 1.56. The number of alkyl halides is 1. The molecule has 0 saturated heterocycles. The van der Waals surface area contributed by atoms with E-state index in [4.69, 9.17) is 4.74 Å². The Hall–Kier alpha value is -1.36. The van der Waals surface area contributed by atoms with Crippen molar-refractivity contribution in [2.24, 2.45) is 5.41 Å². The average molecular weight is 326 g/mol. The molecule has 0 bridgehead atoms. The summed E-state index contributed by atoms with van der Waals surface area (Å²) in [5.74, 6) is -0.261. The maximum absolute atomic E-state index is 12.1. The van der Waals surface area contributed by atoms with Gasteiger partial charge in [-0.25, -0.2) is 0 Å². The minimum absolute atomic E-state index is 0.110. The molecule has 0 radical (unpaired) electrons. The molecule has 0 fully saturated rings. The highest BCUT2D eigenvalue weighted by Crippen LogP contribution is 2.35. The Morgan fingerprint density at radius 2 is 2.00 bits per heavy atom. The van der Waals surface area contributed by atoms with E-state index >= 15 is 0 Å². The number of ether oxygens (including phenoxy) is 1. The van der Waals surface area contributed by atoms with Crippen LogP contribution in [0.4, 0.5) is 5.69 Å². The molecule has 0 spiro atoms. The molecule has 0 aromatic heterocycles. The largest absolute Gasteiger partial charge is 0.497 e. The molecule has 2 rings (SSSR count). The lowest BCUT2D eigenvalue weighted by molar-refractivity contribution is -0.114. The molecule has 0 atom stereocenters. The number of rotatable bonds is 4. The third-order valence-electron chi connectivity index (χ3n) is 3.13. The van der Waals surface area contributed by atoms with Crippen LogP contribution in [0.1, 0.15) is 24.2 Å². The van der Waals surface area contributed by atoms with E-state index in [-0.39, 0.29) is 5.41 Å². The molecule has 102 valence electrons. The van der Waals surface area contributed by atoms with Gasteiger partial charge in [0.15, 0.2) is 0 Å². The zero-order valence-corrected chi connectivity index (χ0v) is 12.8. The van der Waals surface area contributed by atoms with Crippen molar-refractivity contribution in [3.8, 4) is 5.75 Å². The summed E-state index contributed by atoms with van der Waals surface area (Å²) < 4.78 is 5.16. The number of carbonyl (C=O) groups excluding carboxylic acids is 2. The highest BCUT2D eigenvalue weighted by Gasteiger charge is 2.38. The fraction of sp³-hybridized carbons (Fsp3) is 0.429. The molecule has 1 aliphatic heterocycles. The number of hydrogen-bond donors (Lipinski definition) is 0. The maximum atomic E-state index is 12.1. The quantitative estimate of drug-likeness (QED) is 0.631. The predicted molar refractivity (Wildman–Crippen MR) is 77.3 cm³/mol. The molecule has 1 aromatic rings. The van der Waals surface area contributed by atoms with Gasteiger partial charge in [0.1, 0.15) is 5.75 Å². The minimum Gasteiger partial charge on any atom is -0.497 e. The van der Waals surface area contributed by atoms with Crippen LogP contribution in [-0.4, -0.2) is 30.7 Å². The predicted octanol–water partition coefficient (Wildman–Crippen LogP) is 2.65. The Labute approximate surface area is 120 Å². The first-order valence-corrected chi connectivity index (χ1v) is 7.12. The summed E-state index contributed by atoms with van der Waals surface area (Å²) in [5, 5.41) is 0.747. The topological polar surface area (TPSA) is 46.6 Å². The summed E-state index contributed by atoms with van der Waals surface area (Å²) in [6.07, 6.45) is 0. The number of fused-ring (bicyclic) bond motifs is 1. The van der Waals surface area contributed by atoms with Crippen molar-refractivity contribution < 1.29 is 14.3 Å². The Bertz CT molecular complexity index is 539. The third kappa shape index (κ3) is 2.52. The number of methoxy groups -OCH3 is 1. The van der Waals surface area contributed by atoms with Crippen LogP contribution in [0.5, 0.6) is 5.75 Å². The number of halogens is 1. The number of benzene rings is 1. The average Bonchev–Trinajstić information content (AvgIpc) is 2.63. The summed E-state index contributed by atoms with van der Waals surface area (Å²) in [5.41, 5.74) is 0.986. The van der Waals surface area contributed by atoms with Crippen LogP contribution in [0.2, 0.25) is 0 Å². The summed E-state index contributed by atoms with van der Waals surface area (Å²) in [6.45, 7) is 4.57. The van der Waals surface area contributed by atoms with Gasteiger partial charge < -0.3 is 9.64 Å². The lowest BCUT2D eigenvalue weighted by atomic mass is 9.96. The molecule has 1 aromatic carbocycles. The van der Waals surface area contributed by atoms with Crippen molar-refractivity contribution in [2.75, 3.05) is 23.9 Å². The van der Waals surface area contributed by atoms with Gasteiger partial charge in [-0.05, 0) is 17.5 Å². The first-order valence-electron chi connectivity index (χ1n) is 6.00. The van der Waals surface area contributed by atoms with Crippen molar-refractivity contribution in [1.29, 1.82) is 0 Å². The summed E-state index contributed by atoms with van der Waals surface area (Å²) >= 11 is 3.43. The van der Waals surface area contributed by atoms with Crippen molar-refractivity contribution in [1.82, 2.24) is 0 Å². The number of carbonyl (C=O) groups is 2. The third-order valence-corrected chi connectivity index (χ3v) is 4.65. The highest BCUT2D eigenvalue weighted by atomic mass is 79.9. The molecule has 1 aliphatic rings. The van der Waals surface area contributed by atoms with Gasteiger partial charge >= 0.3 is 0 Å². The second-order valence-electron chi connectivity index (χ2n) is 5.40. The van der Waals surface area contributed by atoms with E-state index in [0.717, 1.165) is 5.33 Å². The standard InChI is InChI=1S/C14H16BrNO3/c1-14(2,7-15)8-16-11-6-9(19-3)4-5-10(11)12(17)13(16)18/h4-6H,7-8H2,1-3H3. The summed E-state index contributed by atoms with van der Waals surface area (Å²) in [6, 6.07) is 5.08. The van der Waals surface area contributed by atoms with Gasteiger partial charge in [-0.15, -0.1) is 0 Å². The van der Waals surface area contributed by atoms with Crippen molar-refractivity contribution >= 4 is 33.3 Å². The van der Waals surface area contributed by atoms with Crippen molar-refractivity contribution in [3.05, 3.63) is 23.8 Å². The van der Waals surface area contributed by atoms with E-state index in [1.807, 2.05) is 13.8 Å². The zero-order valence-electron chi connectivity index (χ0n) is 11.2. The second kappa shape index (κ2) is 4.96. The molecule has 0 aliphatic carbocycles. The lowest BCUT2D eigenvalue weighted by Crippen LogP contribution is -2.38. The minimum atomic E-state index is -0.461. The number of ketones is 1.